The van der Waals surface area contributed by atoms with Crippen LogP contribution < -0.4 is 5.32 Å². The first-order valence-corrected chi connectivity index (χ1v) is 11.4. The number of benzene rings is 3. The van der Waals surface area contributed by atoms with Gasteiger partial charge in [0.15, 0.2) is 0 Å². The van der Waals surface area contributed by atoms with Gasteiger partial charge in [0.05, 0.1) is 22.3 Å². The number of carboxylic acid groups (broad SMARTS) is 1. The lowest BCUT2D eigenvalue weighted by molar-refractivity contribution is -0.157. The molecule has 0 heterocycles. The zero-order valence-electron chi connectivity index (χ0n) is 20.7. The van der Waals surface area contributed by atoms with E-state index in [2.05, 4.69) is 5.32 Å². The van der Waals surface area contributed by atoms with Crippen molar-refractivity contribution in [1.82, 2.24) is 0 Å². The average molecular weight is 583 g/mol. The molecule has 0 unspecified atom stereocenters. The summed E-state index contributed by atoms with van der Waals surface area (Å²) in [5, 5.41) is 12.0. The molecule has 0 aromatic heterocycles. The maximum absolute atomic E-state index is 13.1. The molecule has 0 spiro atoms. The average Bonchev–Trinajstić information content (AvgIpc) is 2.89. The van der Waals surface area contributed by atoms with Crippen molar-refractivity contribution < 1.29 is 60.1 Å². The number of anilines is 1. The molecular weight excluding hydrogens is 564 g/mol. The van der Waals surface area contributed by atoms with Gasteiger partial charge in [-0.05, 0) is 61.0 Å². The number of esters is 2. The number of carboxylic acids is 1. The number of aryl methyl sites for hydroxylation is 1. The van der Waals surface area contributed by atoms with E-state index >= 15 is 0 Å². The van der Waals surface area contributed by atoms with Crippen molar-refractivity contribution in [2.75, 3.05) is 5.32 Å². The maximum atomic E-state index is 13.1. The van der Waals surface area contributed by atoms with E-state index in [1.165, 1.54) is 18.2 Å². The molecule has 3 rings (SSSR count). The SMILES string of the molecule is Cc1cccc(NC(=O)[C@H](OC(=O)c2cccc(C(F)(F)F)c2)[C@@H](OC(=O)c2cccc(C(F)(F)F)c2)C(=O)O)c1. The number of hydrogen-bond acceptors (Lipinski definition) is 6. The van der Waals surface area contributed by atoms with Crippen molar-refractivity contribution in [3.05, 3.63) is 101 Å². The van der Waals surface area contributed by atoms with Gasteiger partial charge in [0, 0.05) is 5.69 Å². The summed E-state index contributed by atoms with van der Waals surface area (Å²) < 4.78 is 88.3. The normalized spacial score (nSPS) is 13.0. The van der Waals surface area contributed by atoms with Crippen molar-refractivity contribution in [2.45, 2.75) is 31.5 Å². The van der Waals surface area contributed by atoms with Gasteiger partial charge in [-0.15, -0.1) is 0 Å². The van der Waals surface area contributed by atoms with Crippen molar-refractivity contribution in [1.29, 1.82) is 0 Å². The van der Waals surface area contributed by atoms with E-state index in [9.17, 15) is 50.6 Å². The Morgan fingerprint density at radius 1 is 0.707 bits per heavy atom. The van der Waals surface area contributed by atoms with Crippen LogP contribution in [0.3, 0.4) is 0 Å². The Bertz CT molecular complexity index is 1470. The van der Waals surface area contributed by atoms with Crippen molar-refractivity contribution >= 4 is 29.5 Å². The Balaban J connectivity index is 1.97. The summed E-state index contributed by atoms with van der Waals surface area (Å²) in [6, 6.07) is 11.5. The highest BCUT2D eigenvalue weighted by atomic mass is 19.4. The molecule has 0 saturated carbocycles. The van der Waals surface area contributed by atoms with Gasteiger partial charge in [0.2, 0.25) is 12.2 Å². The second-order valence-corrected chi connectivity index (χ2v) is 8.51. The van der Waals surface area contributed by atoms with E-state index in [4.69, 9.17) is 9.47 Å². The second-order valence-electron chi connectivity index (χ2n) is 8.51. The molecule has 41 heavy (non-hydrogen) atoms. The molecule has 216 valence electrons. The van der Waals surface area contributed by atoms with Crippen LogP contribution in [0.5, 0.6) is 0 Å². The minimum Gasteiger partial charge on any atom is -0.478 e. The van der Waals surface area contributed by atoms with E-state index < -0.39 is 70.6 Å². The number of rotatable bonds is 8. The molecule has 14 heteroatoms. The number of aliphatic carboxylic acids is 1. The lowest BCUT2D eigenvalue weighted by atomic mass is 10.1. The predicted octanol–water partition coefficient (Wildman–Crippen LogP) is 5.51. The summed E-state index contributed by atoms with van der Waals surface area (Å²) in [7, 11) is 0. The number of carbonyl (C=O) groups is 4. The molecule has 0 aliphatic heterocycles. The van der Waals surface area contributed by atoms with Crippen molar-refractivity contribution in [2.24, 2.45) is 0 Å². The molecule has 0 fully saturated rings. The third kappa shape index (κ3) is 8.06. The Morgan fingerprint density at radius 3 is 1.61 bits per heavy atom. The van der Waals surface area contributed by atoms with Crippen LogP contribution in [0.15, 0.2) is 72.8 Å². The van der Waals surface area contributed by atoms with E-state index in [1.54, 1.807) is 13.0 Å². The van der Waals surface area contributed by atoms with Crippen LogP contribution >= 0.6 is 0 Å². The number of carbonyl (C=O) groups excluding carboxylic acids is 3. The lowest BCUT2D eigenvalue weighted by Gasteiger charge is -2.24. The summed E-state index contributed by atoms with van der Waals surface area (Å²) in [5.41, 5.74) is -3.24. The Kier molecular flexibility index (Phi) is 9.05. The molecule has 2 N–H and O–H groups in total. The van der Waals surface area contributed by atoms with Gasteiger partial charge in [0.25, 0.3) is 5.91 Å². The fourth-order valence-electron chi connectivity index (χ4n) is 3.44. The van der Waals surface area contributed by atoms with Crippen LogP contribution in [0.25, 0.3) is 0 Å². The van der Waals surface area contributed by atoms with Crippen LogP contribution in [-0.4, -0.2) is 41.1 Å². The molecule has 1 amide bonds. The minimum absolute atomic E-state index is 0.0865. The van der Waals surface area contributed by atoms with Crippen LogP contribution in [0.2, 0.25) is 0 Å². The smallest absolute Gasteiger partial charge is 0.416 e. The van der Waals surface area contributed by atoms with Crippen LogP contribution in [-0.2, 0) is 31.4 Å². The molecule has 3 aromatic carbocycles. The van der Waals surface area contributed by atoms with Gasteiger partial charge in [-0.3, -0.25) is 4.79 Å². The van der Waals surface area contributed by atoms with E-state index in [0.29, 0.717) is 29.8 Å². The lowest BCUT2D eigenvalue weighted by Crippen LogP contribution is -2.48. The quantitative estimate of drug-likeness (QED) is 0.265. The number of nitrogens with one attached hydrogen (secondary N) is 1. The van der Waals surface area contributed by atoms with Gasteiger partial charge < -0.3 is 19.9 Å². The number of amides is 1. The summed E-state index contributed by atoms with van der Waals surface area (Å²) >= 11 is 0. The number of halogens is 6. The largest absolute Gasteiger partial charge is 0.478 e. The molecular formula is C27H19F6NO7. The van der Waals surface area contributed by atoms with Crippen LogP contribution in [0.1, 0.15) is 37.4 Å². The fraction of sp³-hybridized carbons (Fsp3) is 0.185. The topological polar surface area (TPSA) is 119 Å². The third-order valence-electron chi connectivity index (χ3n) is 5.38. The third-order valence-corrected chi connectivity index (χ3v) is 5.38. The summed E-state index contributed by atoms with van der Waals surface area (Å²) in [5.74, 6) is -6.61. The molecule has 0 aliphatic carbocycles. The Labute approximate surface area is 227 Å². The number of ether oxygens (including phenoxy) is 2. The fourth-order valence-corrected chi connectivity index (χ4v) is 3.44. The predicted molar refractivity (Wildman–Crippen MR) is 129 cm³/mol. The zero-order valence-corrected chi connectivity index (χ0v) is 20.7. The Hall–Kier alpha value is -4.88. The maximum Gasteiger partial charge on any atom is 0.416 e. The zero-order chi connectivity index (χ0) is 30.5. The highest BCUT2D eigenvalue weighted by molar-refractivity contribution is 6.01. The first-order valence-electron chi connectivity index (χ1n) is 11.4. The second kappa shape index (κ2) is 12.1. The van der Waals surface area contributed by atoms with E-state index in [-0.39, 0.29) is 5.69 Å². The van der Waals surface area contributed by atoms with Crippen LogP contribution in [0, 0.1) is 6.92 Å². The molecule has 2 atom stereocenters. The molecule has 3 aromatic rings. The summed E-state index contributed by atoms with van der Waals surface area (Å²) in [4.78, 5) is 50.6. The number of alkyl halides is 6. The van der Waals surface area contributed by atoms with Gasteiger partial charge >= 0.3 is 30.3 Å². The molecule has 0 radical (unpaired) electrons. The monoisotopic (exact) mass is 583 g/mol. The molecule has 0 aliphatic rings. The van der Waals surface area contributed by atoms with Gasteiger partial charge in [0.1, 0.15) is 0 Å². The van der Waals surface area contributed by atoms with Crippen LogP contribution in [0.4, 0.5) is 32.0 Å². The minimum atomic E-state index is -4.86. The van der Waals surface area contributed by atoms with E-state index in [1.807, 2.05) is 0 Å². The van der Waals surface area contributed by atoms with Gasteiger partial charge in [-0.25, -0.2) is 14.4 Å². The number of hydrogen-bond donors (Lipinski definition) is 2. The van der Waals surface area contributed by atoms with E-state index in [0.717, 1.165) is 24.3 Å². The first-order chi connectivity index (χ1) is 19.1. The molecule has 0 saturated heterocycles. The van der Waals surface area contributed by atoms with Crippen molar-refractivity contribution in [3.63, 3.8) is 0 Å². The standard InChI is InChI=1S/C27H19F6NO7/c1-14-5-2-10-19(11-14)34-22(35)20(40-24(38)15-6-3-8-17(12-15)26(28,29)30)21(23(36)37)41-25(39)16-7-4-9-18(13-16)27(31,32)33/h2-13,20-21H,1H3,(H,34,35)(H,36,37)/t20-,21-/m1/s1. The van der Waals surface area contributed by atoms with Crippen molar-refractivity contribution in [3.8, 4) is 0 Å². The first kappa shape index (κ1) is 30.7. The molecule has 0 bridgehead atoms. The molecule has 8 nitrogen and oxygen atoms in total. The summed E-state index contributed by atoms with van der Waals surface area (Å²) in [6.45, 7) is 1.65. The van der Waals surface area contributed by atoms with Gasteiger partial charge in [-0.2, -0.15) is 26.3 Å². The Morgan fingerprint density at radius 2 is 1.17 bits per heavy atom. The van der Waals surface area contributed by atoms with Gasteiger partial charge in [-0.1, -0.05) is 24.3 Å². The highest BCUT2D eigenvalue weighted by Crippen LogP contribution is 2.31. The summed E-state index contributed by atoms with van der Waals surface area (Å²) in [6.07, 6.45) is -14.8. The highest BCUT2D eigenvalue weighted by Gasteiger charge is 2.42.